The van der Waals surface area contributed by atoms with Crippen molar-refractivity contribution in [2.24, 2.45) is 0 Å². The van der Waals surface area contributed by atoms with E-state index in [4.69, 9.17) is 15.6 Å². The zero-order valence-electron chi connectivity index (χ0n) is 10.2. The van der Waals surface area contributed by atoms with Crippen molar-refractivity contribution < 1.29 is 9.84 Å². The van der Waals surface area contributed by atoms with Crippen molar-refractivity contribution in [2.75, 3.05) is 12.8 Å². The third kappa shape index (κ3) is 4.92. The van der Waals surface area contributed by atoms with E-state index in [1.165, 1.54) is 11.6 Å². The number of aromatic hydroxyl groups is 1. The second-order valence-electron chi connectivity index (χ2n) is 3.47. The van der Waals surface area contributed by atoms with Crippen LogP contribution in [0.4, 0.5) is 5.82 Å². The maximum Gasteiger partial charge on any atom is 0.216 e. The highest BCUT2D eigenvalue weighted by atomic mass is 32.1. The van der Waals surface area contributed by atoms with Gasteiger partial charge in [-0.1, -0.05) is 12.1 Å². The van der Waals surface area contributed by atoms with Crippen LogP contribution in [-0.4, -0.2) is 22.2 Å². The van der Waals surface area contributed by atoms with E-state index in [-0.39, 0.29) is 16.9 Å². The lowest BCUT2D eigenvalue weighted by molar-refractivity contribution is 0.414. The number of hydrogen-bond acceptors (Lipinski definition) is 6. The van der Waals surface area contributed by atoms with E-state index in [0.717, 1.165) is 5.75 Å². The first-order chi connectivity index (χ1) is 8.51. The van der Waals surface area contributed by atoms with Gasteiger partial charge in [-0.15, -0.1) is 12.6 Å². The third-order valence-corrected chi connectivity index (χ3v) is 2.15. The average Bonchev–Trinajstić information content (AvgIpc) is 2.27. The summed E-state index contributed by atoms with van der Waals surface area (Å²) in [6, 6.07) is 9.21. The Balaban J connectivity index is 0.000000180. The summed E-state index contributed by atoms with van der Waals surface area (Å²) in [6.07, 6.45) is 0. The number of benzene rings is 1. The summed E-state index contributed by atoms with van der Waals surface area (Å²) in [5, 5.41) is 8.89. The number of nitrogen functional groups attached to an aromatic ring is 1. The molecule has 0 saturated carbocycles. The van der Waals surface area contributed by atoms with Crippen LogP contribution in [0.15, 0.2) is 35.5 Å². The van der Waals surface area contributed by atoms with Gasteiger partial charge in [-0.05, 0) is 24.6 Å². The Kier molecular flexibility index (Phi) is 5.26. The number of nitrogens with two attached hydrogens (primary N) is 1. The highest BCUT2D eigenvalue weighted by molar-refractivity contribution is 7.80. The van der Waals surface area contributed by atoms with Gasteiger partial charge >= 0.3 is 0 Å². The average molecular weight is 265 g/mol. The first-order valence-corrected chi connectivity index (χ1v) is 5.59. The summed E-state index contributed by atoms with van der Waals surface area (Å²) in [6.45, 7) is 2.04. The minimum atomic E-state index is -0.160. The first kappa shape index (κ1) is 14.1. The molecular weight excluding hydrogens is 250 g/mol. The summed E-state index contributed by atoms with van der Waals surface area (Å²) < 4.78 is 5.00. The molecule has 0 aliphatic heterocycles. The number of anilines is 1. The van der Waals surface area contributed by atoms with Gasteiger partial charge in [0, 0.05) is 6.07 Å². The lowest BCUT2D eigenvalue weighted by atomic mass is 10.2. The predicted octanol–water partition coefficient (Wildman–Crippen LogP) is 2.06. The fourth-order valence-corrected chi connectivity index (χ4v) is 1.40. The van der Waals surface area contributed by atoms with E-state index in [2.05, 4.69) is 22.6 Å². The Bertz CT molecular complexity index is 470. The van der Waals surface area contributed by atoms with Crippen molar-refractivity contribution >= 4 is 18.4 Å². The molecule has 0 atom stereocenters. The number of hydrogen-bond donors (Lipinski definition) is 3. The number of ether oxygens (including phenoxy) is 1. The van der Waals surface area contributed by atoms with E-state index < -0.39 is 0 Å². The molecule has 1 heterocycles. The fraction of sp³-hybridized carbons (Fsp3) is 0.167. The Labute approximate surface area is 111 Å². The molecule has 96 valence electrons. The summed E-state index contributed by atoms with van der Waals surface area (Å²) in [4.78, 5) is 7.07. The van der Waals surface area contributed by atoms with Crippen molar-refractivity contribution in [3.8, 4) is 11.6 Å². The Morgan fingerprint density at radius 1 is 1.28 bits per heavy atom. The lowest BCUT2D eigenvalue weighted by Crippen LogP contribution is -1.91. The van der Waals surface area contributed by atoms with Crippen LogP contribution < -0.4 is 10.5 Å². The molecule has 0 bridgehead atoms. The van der Waals surface area contributed by atoms with Gasteiger partial charge in [-0.2, -0.15) is 4.98 Å². The van der Waals surface area contributed by atoms with Gasteiger partial charge < -0.3 is 15.6 Å². The van der Waals surface area contributed by atoms with Crippen molar-refractivity contribution in [2.45, 2.75) is 12.1 Å². The summed E-state index contributed by atoms with van der Waals surface area (Å²) in [7, 11) is 1.68. The van der Waals surface area contributed by atoms with Crippen LogP contribution in [-0.2, 0) is 0 Å². The Morgan fingerprint density at radius 3 is 2.44 bits per heavy atom. The van der Waals surface area contributed by atoms with Crippen molar-refractivity contribution in [3.05, 3.63) is 35.9 Å². The molecule has 3 N–H and O–H groups in total. The molecule has 0 saturated heterocycles. The van der Waals surface area contributed by atoms with Gasteiger partial charge in [0.15, 0.2) is 5.16 Å². The molecule has 0 aliphatic carbocycles. The van der Waals surface area contributed by atoms with Crippen LogP contribution in [0.1, 0.15) is 5.56 Å². The van der Waals surface area contributed by atoms with Gasteiger partial charge in [0.25, 0.3) is 0 Å². The fourth-order valence-electron chi connectivity index (χ4n) is 1.18. The first-order valence-electron chi connectivity index (χ1n) is 5.14. The standard InChI is InChI=1S/C8H10O.C4H5N3OS/c1-7-4-3-5-8(6-7)9-2;5-2-1-3(8)7-4(9)6-2/h3-6H,1-2H3;1H,(H4,5,6,7,8,9). The van der Waals surface area contributed by atoms with Gasteiger partial charge in [0.2, 0.25) is 5.88 Å². The van der Waals surface area contributed by atoms with Gasteiger partial charge in [0.1, 0.15) is 11.6 Å². The Morgan fingerprint density at radius 2 is 2.00 bits per heavy atom. The Hall–Kier alpha value is -1.95. The molecule has 5 nitrogen and oxygen atoms in total. The second kappa shape index (κ2) is 6.70. The van der Waals surface area contributed by atoms with Gasteiger partial charge in [-0.25, -0.2) is 4.98 Å². The second-order valence-corrected chi connectivity index (χ2v) is 3.87. The minimum Gasteiger partial charge on any atom is -0.497 e. The normalized spacial score (nSPS) is 9.28. The molecule has 0 unspecified atom stereocenters. The number of nitrogens with zero attached hydrogens (tertiary/aromatic N) is 2. The van der Waals surface area contributed by atoms with E-state index in [1.54, 1.807) is 7.11 Å². The molecule has 6 heteroatoms. The highest BCUT2D eigenvalue weighted by Crippen LogP contribution is 2.10. The number of aromatic nitrogens is 2. The van der Waals surface area contributed by atoms with Crippen LogP contribution in [0.25, 0.3) is 0 Å². The molecule has 0 aliphatic rings. The van der Waals surface area contributed by atoms with E-state index in [0.29, 0.717) is 0 Å². The number of methoxy groups -OCH3 is 1. The number of thiol groups is 1. The summed E-state index contributed by atoms with van der Waals surface area (Å²) in [5.41, 5.74) is 6.43. The van der Waals surface area contributed by atoms with E-state index >= 15 is 0 Å². The zero-order chi connectivity index (χ0) is 13.5. The predicted molar refractivity (Wildman–Crippen MR) is 73.1 cm³/mol. The van der Waals surface area contributed by atoms with Gasteiger partial charge in [-0.3, -0.25) is 0 Å². The monoisotopic (exact) mass is 265 g/mol. The lowest BCUT2D eigenvalue weighted by Gasteiger charge is -1.97. The molecule has 2 rings (SSSR count). The van der Waals surface area contributed by atoms with E-state index in [9.17, 15) is 0 Å². The molecule has 0 radical (unpaired) electrons. The SMILES string of the molecule is COc1cccc(C)c1.Nc1cc(O)nc(S)n1. The molecule has 0 spiro atoms. The van der Waals surface area contributed by atoms with Crippen LogP contribution >= 0.6 is 12.6 Å². The number of rotatable bonds is 1. The summed E-state index contributed by atoms with van der Waals surface area (Å²) in [5.74, 6) is 0.981. The molecule has 0 fully saturated rings. The largest absolute Gasteiger partial charge is 0.497 e. The van der Waals surface area contributed by atoms with Crippen LogP contribution in [0, 0.1) is 6.92 Å². The molecule has 1 aromatic carbocycles. The molecular formula is C12H15N3O2S. The maximum absolute atomic E-state index is 8.71. The van der Waals surface area contributed by atoms with Crippen molar-refractivity contribution in [1.29, 1.82) is 0 Å². The zero-order valence-corrected chi connectivity index (χ0v) is 11.1. The van der Waals surface area contributed by atoms with Crippen LogP contribution in [0.2, 0.25) is 0 Å². The molecule has 0 amide bonds. The third-order valence-electron chi connectivity index (χ3n) is 1.95. The van der Waals surface area contributed by atoms with Crippen LogP contribution in [0.3, 0.4) is 0 Å². The van der Waals surface area contributed by atoms with Crippen molar-refractivity contribution in [1.82, 2.24) is 9.97 Å². The van der Waals surface area contributed by atoms with E-state index in [1.807, 2.05) is 31.2 Å². The maximum atomic E-state index is 8.71. The van der Waals surface area contributed by atoms with Crippen molar-refractivity contribution in [3.63, 3.8) is 0 Å². The molecule has 2 aromatic rings. The van der Waals surface area contributed by atoms with Crippen LogP contribution in [0.5, 0.6) is 11.6 Å². The van der Waals surface area contributed by atoms with Gasteiger partial charge in [0.05, 0.1) is 7.11 Å². The number of aryl methyl sites for hydroxylation is 1. The topological polar surface area (TPSA) is 81.3 Å². The molecule has 1 aromatic heterocycles. The highest BCUT2D eigenvalue weighted by Gasteiger charge is 1.94. The smallest absolute Gasteiger partial charge is 0.216 e. The minimum absolute atomic E-state index is 0.160. The summed E-state index contributed by atoms with van der Waals surface area (Å²) >= 11 is 3.76. The quantitative estimate of drug-likeness (QED) is 0.543. The molecule has 18 heavy (non-hydrogen) atoms.